The molecule has 0 aromatic heterocycles. The van der Waals surface area contributed by atoms with Gasteiger partial charge in [-0.15, -0.1) is 0 Å². The quantitative estimate of drug-likeness (QED) is 0.886. The summed E-state index contributed by atoms with van der Waals surface area (Å²) in [6, 6.07) is 13.9. The van der Waals surface area contributed by atoms with E-state index in [0.717, 1.165) is 37.3 Å². The number of fused-ring (bicyclic) bond motifs is 1. The van der Waals surface area contributed by atoms with E-state index in [1.54, 1.807) is 0 Å². The number of nitrogens with one attached hydrogen (secondary N) is 2. The van der Waals surface area contributed by atoms with Gasteiger partial charge in [-0.2, -0.15) is 0 Å². The van der Waals surface area contributed by atoms with Crippen LogP contribution in [0.25, 0.3) is 0 Å². The summed E-state index contributed by atoms with van der Waals surface area (Å²) in [5, 5.41) is 6.42. The molecule has 0 bridgehead atoms. The van der Waals surface area contributed by atoms with Crippen molar-refractivity contribution >= 4 is 23.3 Å². The van der Waals surface area contributed by atoms with Gasteiger partial charge in [-0.25, -0.2) is 4.79 Å². The molecule has 2 aromatic rings. The first-order chi connectivity index (χ1) is 11.6. The van der Waals surface area contributed by atoms with Crippen molar-refractivity contribution in [2.75, 3.05) is 25.0 Å². The van der Waals surface area contributed by atoms with Crippen molar-refractivity contribution in [2.24, 2.45) is 0 Å². The van der Waals surface area contributed by atoms with E-state index in [1.807, 2.05) is 25.1 Å². The second-order valence-corrected chi connectivity index (χ2v) is 6.50. The number of anilines is 1. The third-order valence-electron chi connectivity index (χ3n) is 4.44. The predicted octanol–water partition coefficient (Wildman–Crippen LogP) is 3.83. The Bertz CT molecular complexity index is 732. The maximum Gasteiger partial charge on any atom is 0.319 e. The van der Waals surface area contributed by atoms with Crippen LogP contribution in [-0.4, -0.2) is 30.6 Å². The molecule has 0 fully saturated rings. The van der Waals surface area contributed by atoms with E-state index in [-0.39, 0.29) is 6.03 Å². The molecule has 1 heterocycles. The molecule has 24 heavy (non-hydrogen) atoms. The van der Waals surface area contributed by atoms with Crippen molar-refractivity contribution in [3.05, 3.63) is 64.2 Å². The van der Waals surface area contributed by atoms with Crippen LogP contribution in [0.2, 0.25) is 5.02 Å². The third kappa shape index (κ3) is 4.08. The molecular weight excluding hydrogens is 322 g/mol. The largest absolute Gasteiger partial charge is 0.337 e. The average Bonchev–Trinajstić information content (AvgIpc) is 2.59. The molecule has 0 atom stereocenters. The monoisotopic (exact) mass is 343 g/mol. The summed E-state index contributed by atoms with van der Waals surface area (Å²) in [6.07, 6.45) is 1.07. The molecule has 3 rings (SSSR count). The van der Waals surface area contributed by atoms with Crippen LogP contribution in [0.1, 0.15) is 16.7 Å². The Hall–Kier alpha value is -2.04. The normalized spacial score (nSPS) is 14.1. The average molecular weight is 344 g/mol. The fourth-order valence-electron chi connectivity index (χ4n) is 2.98. The van der Waals surface area contributed by atoms with Crippen molar-refractivity contribution in [3.8, 4) is 0 Å². The summed E-state index contributed by atoms with van der Waals surface area (Å²) >= 11 is 6.07. The Morgan fingerprint density at radius 3 is 2.79 bits per heavy atom. The van der Waals surface area contributed by atoms with Crippen LogP contribution in [0.5, 0.6) is 0 Å². The van der Waals surface area contributed by atoms with Crippen molar-refractivity contribution < 1.29 is 4.79 Å². The van der Waals surface area contributed by atoms with Gasteiger partial charge < -0.3 is 10.6 Å². The maximum absolute atomic E-state index is 12.0. The molecule has 0 saturated heterocycles. The minimum Gasteiger partial charge on any atom is -0.337 e. The van der Waals surface area contributed by atoms with Crippen LogP contribution in [0, 0.1) is 6.92 Å². The zero-order chi connectivity index (χ0) is 16.9. The molecule has 0 radical (unpaired) electrons. The van der Waals surface area contributed by atoms with Crippen LogP contribution in [0.3, 0.4) is 0 Å². The van der Waals surface area contributed by atoms with Gasteiger partial charge in [-0.1, -0.05) is 41.9 Å². The molecule has 5 heteroatoms. The van der Waals surface area contributed by atoms with Gasteiger partial charge >= 0.3 is 6.03 Å². The van der Waals surface area contributed by atoms with Gasteiger partial charge in [0.05, 0.1) is 0 Å². The van der Waals surface area contributed by atoms with Gasteiger partial charge in [0.2, 0.25) is 0 Å². The number of rotatable bonds is 4. The summed E-state index contributed by atoms with van der Waals surface area (Å²) < 4.78 is 0. The Morgan fingerprint density at radius 1 is 1.17 bits per heavy atom. The highest BCUT2D eigenvalue weighted by Gasteiger charge is 2.15. The van der Waals surface area contributed by atoms with Crippen LogP contribution in [0.4, 0.5) is 10.5 Å². The van der Waals surface area contributed by atoms with Crippen LogP contribution >= 0.6 is 11.6 Å². The minimum absolute atomic E-state index is 0.197. The number of benzene rings is 2. The molecule has 126 valence electrons. The van der Waals surface area contributed by atoms with E-state index in [1.165, 1.54) is 11.1 Å². The van der Waals surface area contributed by atoms with E-state index >= 15 is 0 Å². The Labute approximate surface area is 147 Å². The van der Waals surface area contributed by atoms with Gasteiger partial charge in [0.25, 0.3) is 0 Å². The van der Waals surface area contributed by atoms with Gasteiger partial charge in [0.15, 0.2) is 0 Å². The number of carbonyl (C=O) groups is 1. The number of carbonyl (C=O) groups excluding carboxylic acids is 1. The van der Waals surface area contributed by atoms with Crippen molar-refractivity contribution in [3.63, 3.8) is 0 Å². The Balaban J connectivity index is 1.45. The maximum atomic E-state index is 12.0. The summed E-state index contributed by atoms with van der Waals surface area (Å²) in [5.74, 6) is 0. The highest BCUT2D eigenvalue weighted by atomic mass is 35.5. The zero-order valence-electron chi connectivity index (χ0n) is 13.8. The molecule has 2 N–H and O–H groups in total. The minimum atomic E-state index is -0.197. The second-order valence-electron chi connectivity index (χ2n) is 6.09. The molecule has 2 aromatic carbocycles. The topological polar surface area (TPSA) is 44.4 Å². The lowest BCUT2D eigenvalue weighted by Crippen LogP contribution is -2.39. The number of nitrogens with zero attached hydrogens (tertiary/aromatic N) is 1. The first-order valence-corrected chi connectivity index (χ1v) is 8.60. The standard InChI is InChI=1S/C19H22ClN3O/c1-14-17(20)7-4-8-18(14)22-19(24)21-10-12-23-11-9-15-5-2-3-6-16(15)13-23/h2-8H,9-13H2,1H3,(H2,21,22,24). The van der Waals surface area contributed by atoms with Crippen molar-refractivity contribution in [2.45, 2.75) is 19.9 Å². The molecule has 0 aliphatic carbocycles. The smallest absolute Gasteiger partial charge is 0.319 e. The molecule has 2 amide bonds. The SMILES string of the molecule is Cc1c(Cl)cccc1NC(=O)NCCN1CCc2ccccc2C1. The second kappa shape index (κ2) is 7.69. The Kier molecular flexibility index (Phi) is 5.38. The lowest BCUT2D eigenvalue weighted by molar-refractivity contribution is 0.239. The fraction of sp³-hybridized carbons (Fsp3) is 0.316. The van der Waals surface area contributed by atoms with Gasteiger partial charge in [0.1, 0.15) is 0 Å². The number of hydrogen-bond acceptors (Lipinski definition) is 2. The zero-order valence-corrected chi connectivity index (χ0v) is 14.6. The molecule has 1 aliphatic heterocycles. The molecule has 0 saturated carbocycles. The molecular formula is C19H22ClN3O. The molecule has 0 unspecified atom stereocenters. The number of urea groups is 1. The first kappa shape index (κ1) is 16.8. The number of halogens is 1. The summed E-state index contributed by atoms with van der Waals surface area (Å²) in [6.45, 7) is 5.34. The van der Waals surface area contributed by atoms with Crippen LogP contribution < -0.4 is 10.6 Å². The Morgan fingerprint density at radius 2 is 1.96 bits per heavy atom. The van der Waals surface area contributed by atoms with E-state index in [9.17, 15) is 4.79 Å². The van der Waals surface area contributed by atoms with Gasteiger partial charge in [0, 0.05) is 36.9 Å². The molecule has 0 spiro atoms. The highest BCUT2D eigenvalue weighted by Crippen LogP contribution is 2.22. The van der Waals surface area contributed by atoms with Crippen LogP contribution in [0.15, 0.2) is 42.5 Å². The summed E-state index contributed by atoms with van der Waals surface area (Å²) in [7, 11) is 0. The predicted molar refractivity (Wildman–Crippen MR) is 98.6 cm³/mol. The number of hydrogen-bond donors (Lipinski definition) is 2. The van der Waals surface area contributed by atoms with Gasteiger partial charge in [-0.05, 0) is 42.2 Å². The van der Waals surface area contributed by atoms with Crippen LogP contribution in [-0.2, 0) is 13.0 Å². The molecule has 4 nitrogen and oxygen atoms in total. The third-order valence-corrected chi connectivity index (χ3v) is 4.85. The first-order valence-electron chi connectivity index (χ1n) is 8.22. The van der Waals surface area contributed by atoms with Crippen molar-refractivity contribution in [1.82, 2.24) is 10.2 Å². The van der Waals surface area contributed by atoms with E-state index in [4.69, 9.17) is 11.6 Å². The summed E-state index contributed by atoms with van der Waals surface area (Å²) in [4.78, 5) is 14.4. The van der Waals surface area contributed by atoms with Crippen molar-refractivity contribution in [1.29, 1.82) is 0 Å². The lowest BCUT2D eigenvalue weighted by atomic mass is 10.00. The number of amides is 2. The van der Waals surface area contributed by atoms with E-state index in [2.05, 4.69) is 39.8 Å². The molecule has 1 aliphatic rings. The highest BCUT2D eigenvalue weighted by molar-refractivity contribution is 6.31. The van der Waals surface area contributed by atoms with E-state index < -0.39 is 0 Å². The van der Waals surface area contributed by atoms with E-state index in [0.29, 0.717) is 11.6 Å². The fourth-order valence-corrected chi connectivity index (χ4v) is 3.16. The lowest BCUT2D eigenvalue weighted by Gasteiger charge is -2.28. The summed E-state index contributed by atoms with van der Waals surface area (Å²) in [5.41, 5.74) is 4.45. The van der Waals surface area contributed by atoms with Gasteiger partial charge in [-0.3, -0.25) is 4.90 Å².